The Morgan fingerprint density at radius 3 is 2.73 bits per heavy atom. The predicted octanol–water partition coefficient (Wildman–Crippen LogP) is 3.56. The molecule has 0 fully saturated rings. The van der Waals surface area contributed by atoms with Gasteiger partial charge < -0.3 is 11.1 Å². The minimum absolute atomic E-state index is 0.0642. The number of thiazole rings is 1. The molecule has 0 unspecified atom stereocenters. The number of hydrogen-bond acceptors (Lipinski definition) is 4. The number of amides is 1. The molecule has 112 valence electrons. The van der Waals surface area contributed by atoms with Gasteiger partial charge in [0, 0.05) is 24.2 Å². The largest absolute Gasteiger partial charge is 0.330 e. The van der Waals surface area contributed by atoms with Crippen LogP contribution in [0.3, 0.4) is 0 Å². The van der Waals surface area contributed by atoms with Gasteiger partial charge in [0.25, 0.3) is 0 Å². The van der Waals surface area contributed by atoms with Crippen LogP contribution in [0.4, 0.5) is 5.69 Å². The van der Waals surface area contributed by atoms with Gasteiger partial charge in [-0.15, -0.1) is 11.3 Å². The van der Waals surface area contributed by atoms with Gasteiger partial charge >= 0.3 is 0 Å². The number of anilines is 1. The molecule has 0 spiro atoms. The summed E-state index contributed by atoms with van der Waals surface area (Å²) in [6, 6.07) is 14.0. The first-order valence-electron chi connectivity index (χ1n) is 7.13. The van der Waals surface area contributed by atoms with Crippen LogP contribution in [-0.4, -0.2) is 17.4 Å². The van der Waals surface area contributed by atoms with Crippen LogP contribution in [0.1, 0.15) is 12.0 Å². The molecule has 4 nitrogen and oxygen atoms in total. The van der Waals surface area contributed by atoms with E-state index in [1.165, 1.54) is 10.3 Å². The maximum absolute atomic E-state index is 11.5. The quantitative estimate of drug-likeness (QED) is 0.774. The van der Waals surface area contributed by atoms with Crippen LogP contribution >= 0.6 is 11.3 Å². The Morgan fingerprint density at radius 2 is 2.00 bits per heavy atom. The Labute approximate surface area is 133 Å². The maximum Gasteiger partial charge on any atom is 0.225 e. The van der Waals surface area contributed by atoms with Crippen molar-refractivity contribution in [2.45, 2.75) is 13.3 Å². The highest BCUT2D eigenvalue weighted by Gasteiger charge is 2.07. The van der Waals surface area contributed by atoms with Gasteiger partial charge in [0.2, 0.25) is 5.91 Å². The van der Waals surface area contributed by atoms with E-state index in [1.54, 1.807) is 11.3 Å². The second-order valence-corrected chi connectivity index (χ2v) is 6.19. The van der Waals surface area contributed by atoms with Crippen molar-refractivity contribution >= 4 is 33.1 Å². The monoisotopic (exact) mass is 311 g/mol. The van der Waals surface area contributed by atoms with Crippen molar-refractivity contribution in [3.05, 3.63) is 48.0 Å². The van der Waals surface area contributed by atoms with Gasteiger partial charge in [-0.1, -0.05) is 6.07 Å². The van der Waals surface area contributed by atoms with E-state index in [4.69, 9.17) is 5.73 Å². The van der Waals surface area contributed by atoms with Gasteiger partial charge in [-0.3, -0.25) is 4.79 Å². The third-order valence-electron chi connectivity index (χ3n) is 3.33. The molecule has 22 heavy (non-hydrogen) atoms. The fourth-order valence-electron chi connectivity index (χ4n) is 2.21. The molecule has 0 aliphatic carbocycles. The second-order valence-electron chi connectivity index (χ2n) is 5.15. The van der Waals surface area contributed by atoms with Crippen molar-refractivity contribution in [2.75, 3.05) is 11.9 Å². The van der Waals surface area contributed by atoms with Gasteiger partial charge in [0.15, 0.2) is 0 Å². The van der Waals surface area contributed by atoms with E-state index < -0.39 is 0 Å². The lowest BCUT2D eigenvalue weighted by Gasteiger charge is -2.04. The molecule has 0 bridgehead atoms. The van der Waals surface area contributed by atoms with E-state index in [1.807, 2.05) is 30.3 Å². The summed E-state index contributed by atoms with van der Waals surface area (Å²) < 4.78 is 1.19. The van der Waals surface area contributed by atoms with Crippen molar-refractivity contribution in [3.8, 4) is 10.6 Å². The molecule has 3 rings (SSSR count). The molecule has 0 saturated carbocycles. The van der Waals surface area contributed by atoms with Crippen molar-refractivity contribution in [2.24, 2.45) is 5.73 Å². The number of fused-ring (bicyclic) bond motifs is 1. The van der Waals surface area contributed by atoms with Crippen molar-refractivity contribution in [3.63, 3.8) is 0 Å². The van der Waals surface area contributed by atoms with Gasteiger partial charge in [-0.25, -0.2) is 4.98 Å². The van der Waals surface area contributed by atoms with Gasteiger partial charge in [-0.05, 0) is 48.9 Å². The fourth-order valence-corrected chi connectivity index (χ4v) is 3.28. The lowest BCUT2D eigenvalue weighted by molar-refractivity contribution is -0.116. The smallest absolute Gasteiger partial charge is 0.225 e. The van der Waals surface area contributed by atoms with E-state index in [2.05, 4.69) is 29.4 Å². The molecule has 1 aromatic heterocycles. The van der Waals surface area contributed by atoms with Crippen LogP contribution in [0.2, 0.25) is 0 Å². The number of aryl methyl sites for hydroxylation is 1. The number of carbonyl (C=O) groups is 1. The summed E-state index contributed by atoms with van der Waals surface area (Å²) in [4.78, 5) is 16.2. The third kappa shape index (κ3) is 3.16. The Kier molecular flexibility index (Phi) is 4.18. The Morgan fingerprint density at radius 1 is 1.23 bits per heavy atom. The predicted molar refractivity (Wildman–Crippen MR) is 92.1 cm³/mol. The summed E-state index contributed by atoms with van der Waals surface area (Å²) in [5.74, 6) is -0.0642. The SMILES string of the molecule is Cc1ccc2nc(-c3ccc(NC(=O)CCN)cc3)sc2c1. The minimum atomic E-state index is -0.0642. The summed E-state index contributed by atoms with van der Waals surface area (Å²) in [6.45, 7) is 2.44. The number of nitrogens with one attached hydrogen (secondary N) is 1. The van der Waals surface area contributed by atoms with E-state index >= 15 is 0 Å². The molecule has 1 amide bonds. The summed E-state index contributed by atoms with van der Waals surface area (Å²) in [5, 5.41) is 3.81. The summed E-state index contributed by atoms with van der Waals surface area (Å²) in [6.07, 6.45) is 0.332. The van der Waals surface area contributed by atoms with Crippen LogP contribution in [-0.2, 0) is 4.79 Å². The van der Waals surface area contributed by atoms with E-state index in [9.17, 15) is 4.79 Å². The first kappa shape index (κ1) is 14.7. The van der Waals surface area contributed by atoms with Crippen molar-refractivity contribution < 1.29 is 4.79 Å². The number of hydrogen-bond donors (Lipinski definition) is 2. The molecule has 0 saturated heterocycles. The average molecular weight is 311 g/mol. The molecule has 0 radical (unpaired) electrons. The van der Waals surface area contributed by atoms with E-state index in [0.29, 0.717) is 13.0 Å². The van der Waals surface area contributed by atoms with Crippen LogP contribution in [0.15, 0.2) is 42.5 Å². The number of nitrogens with zero attached hydrogens (tertiary/aromatic N) is 1. The zero-order valence-corrected chi connectivity index (χ0v) is 13.1. The molecule has 2 aromatic carbocycles. The zero-order chi connectivity index (χ0) is 15.5. The number of carbonyl (C=O) groups excluding carboxylic acids is 1. The standard InChI is InChI=1S/C17H17N3OS/c1-11-2-7-14-15(10-11)22-17(20-14)12-3-5-13(6-4-12)19-16(21)8-9-18/h2-7,10H,8-9,18H2,1H3,(H,19,21). The van der Waals surface area contributed by atoms with Crippen molar-refractivity contribution in [1.29, 1.82) is 0 Å². The Balaban J connectivity index is 1.83. The molecule has 3 N–H and O–H groups in total. The molecule has 1 heterocycles. The fraction of sp³-hybridized carbons (Fsp3) is 0.176. The summed E-state index contributed by atoms with van der Waals surface area (Å²) in [7, 11) is 0. The number of rotatable bonds is 4. The van der Waals surface area contributed by atoms with Gasteiger partial charge in [0.05, 0.1) is 10.2 Å². The minimum Gasteiger partial charge on any atom is -0.330 e. The molecule has 3 aromatic rings. The highest BCUT2D eigenvalue weighted by Crippen LogP contribution is 2.31. The summed E-state index contributed by atoms with van der Waals surface area (Å²) in [5.41, 5.74) is 9.45. The Hall–Kier alpha value is -2.24. The lowest BCUT2D eigenvalue weighted by Crippen LogP contribution is -2.15. The number of nitrogens with two attached hydrogens (primary N) is 1. The average Bonchev–Trinajstić information content (AvgIpc) is 2.91. The first-order chi connectivity index (χ1) is 10.7. The maximum atomic E-state index is 11.5. The van der Waals surface area contributed by atoms with E-state index in [-0.39, 0.29) is 5.91 Å². The lowest BCUT2D eigenvalue weighted by atomic mass is 10.2. The Bertz CT molecular complexity index is 808. The first-order valence-corrected chi connectivity index (χ1v) is 7.95. The van der Waals surface area contributed by atoms with E-state index in [0.717, 1.165) is 21.8 Å². The van der Waals surface area contributed by atoms with Crippen LogP contribution in [0.5, 0.6) is 0 Å². The van der Waals surface area contributed by atoms with Gasteiger partial charge in [0.1, 0.15) is 5.01 Å². The molecule has 0 aliphatic rings. The highest BCUT2D eigenvalue weighted by molar-refractivity contribution is 7.21. The van der Waals surface area contributed by atoms with Gasteiger partial charge in [-0.2, -0.15) is 0 Å². The topological polar surface area (TPSA) is 68.0 Å². The number of benzene rings is 2. The van der Waals surface area contributed by atoms with Crippen LogP contribution in [0, 0.1) is 6.92 Å². The van der Waals surface area contributed by atoms with Crippen molar-refractivity contribution in [1.82, 2.24) is 4.98 Å². The normalized spacial score (nSPS) is 10.8. The number of aromatic nitrogens is 1. The molecule has 0 aliphatic heterocycles. The molecular weight excluding hydrogens is 294 g/mol. The third-order valence-corrected chi connectivity index (χ3v) is 4.40. The molecule has 0 atom stereocenters. The summed E-state index contributed by atoms with van der Waals surface area (Å²) >= 11 is 1.68. The van der Waals surface area contributed by atoms with Crippen LogP contribution < -0.4 is 11.1 Å². The molecular formula is C17H17N3OS. The molecule has 5 heteroatoms. The second kappa shape index (κ2) is 6.25. The zero-order valence-electron chi connectivity index (χ0n) is 12.3. The van der Waals surface area contributed by atoms with Crippen LogP contribution in [0.25, 0.3) is 20.8 Å². The highest BCUT2D eigenvalue weighted by atomic mass is 32.1.